The molecule has 4 rings (SSSR count). The third-order valence-corrected chi connectivity index (χ3v) is 6.40. The van der Waals surface area contributed by atoms with Crippen LogP contribution in [0.15, 0.2) is 42.6 Å². The average Bonchev–Trinajstić information content (AvgIpc) is 2.79. The molecule has 6 nitrogen and oxygen atoms in total. The summed E-state index contributed by atoms with van der Waals surface area (Å²) in [5.41, 5.74) is 7.72. The summed E-state index contributed by atoms with van der Waals surface area (Å²) < 4.78 is 0. The summed E-state index contributed by atoms with van der Waals surface area (Å²) in [6.45, 7) is 5.78. The van der Waals surface area contributed by atoms with Crippen molar-refractivity contribution in [3.63, 3.8) is 0 Å². The fourth-order valence-electron chi connectivity index (χ4n) is 4.60. The summed E-state index contributed by atoms with van der Waals surface area (Å²) >= 11 is 0. The number of hydrogen-bond acceptors (Lipinski definition) is 5. The zero-order valence-electron chi connectivity index (χ0n) is 17.7. The van der Waals surface area contributed by atoms with Crippen molar-refractivity contribution in [1.29, 1.82) is 0 Å². The van der Waals surface area contributed by atoms with Crippen LogP contribution in [0.25, 0.3) is 0 Å². The summed E-state index contributed by atoms with van der Waals surface area (Å²) in [5, 5.41) is 3.03. The molecule has 1 amide bonds. The van der Waals surface area contributed by atoms with Crippen LogP contribution < -0.4 is 16.0 Å². The van der Waals surface area contributed by atoms with E-state index in [0.29, 0.717) is 11.3 Å². The number of nitrogens with two attached hydrogens (primary N) is 1. The van der Waals surface area contributed by atoms with Gasteiger partial charge in [-0.1, -0.05) is 12.5 Å². The fourth-order valence-corrected chi connectivity index (χ4v) is 4.60. The van der Waals surface area contributed by atoms with Gasteiger partial charge in [0.15, 0.2) is 5.82 Å². The van der Waals surface area contributed by atoms with Crippen LogP contribution in [0.5, 0.6) is 0 Å². The van der Waals surface area contributed by atoms with Crippen LogP contribution in [0, 0.1) is 5.92 Å². The van der Waals surface area contributed by atoms with Crippen molar-refractivity contribution in [2.45, 2.75) is 38.5 Å². The van der Waals surface area contributed by atoms with E-state index in [0.717, 1.165) is 30.5 Å². The molecule has 0 bridgehead atoms. The van der Waals surface area contributed by atoms with Gasteiger partial charge in [-0.05, 0) is 88.0 Å². The van der Waals surface area contributed by atoms with Crippen molar-refractivity contribution in [3.8, 4) is 0 Å². The van der Waals surface area contributed by atoms with Crippen LogP contribution in [-0.4, -0.2) is 48.5 Å². The standard InChI is InChI=1S/C24H33N5O/c25-21-7-4-6-20(18-21)24(30)27-22-8-5-12-26-23(22)29-16-10-19(11-17-29)9-15-28-13-2-1-3-14-28/h4-8,12,18-19H,1-3,9-11,13-17,25H2,(H,27,30). The van der Waals surface area contributed by atoms with Gasteiger partial charge in [0.1, 0.15) is 0 Å². The Morgan fingerprint density at radius 1 is 1.07 bits per heavy atom. The molecule has 0 aliphatic carbocycles. The van der Waals surface area contributed by atoms with E-state index in [9.17, 15) is 4.79 Å². The van der Waals surface area contributed by atoms with Gasteiger partial charge >= 0.3 is 0 Å². The lowest BCUT2D eigenvalue weighted by molar-refractivity contribution is 0.102. The van der Waals surface area contributed by atoms with E-state index in [-0.39, 0.29) is 5.91 Å². The van der Waals surface area contributed by atoms with Crippen LogP contribution in [0.4, 0.5) is 17.2 Å². The molecule has 0 radical (unpaired) electrons. The number of carbonyl (C=O) groups excluding carboxylic acids is 1. The highest BCUT2D eigenvalue weighted by Crippen LogP contribution is 2.29. The molecule has 3 N–H and O–H groups in total. The second kappa shape index (κ2) is 9.94. The number of benzene rings is 1. The minimum atomic E-state index is -0.159. The van der Waals surface area contributed by atoms with Crippen LogP contribution in [0.1, 0.15) is 48.9 Å². The molecule has 2 aliphatic rings. The number of hydrogen-bond donors (Lipinski definition) is 2. The van der Waals surface area contributed by atoms with Gasteiger partial charge in [0.05, 0.1) is 5.69 Å². The van der Waals surface area contributed by atoms with Crippen molar-refractivity contribution in [2.24, 2.45) is 5.92 Å². The van der Waals surface area contributed by atoms with E-state index in [1.165, 1.54) is 58.2 Å². The highest BCUT2D eigenvalue weighted by Gasteiger charge is 2.23. The second-order valence-corrected chi connectivity index (χ2v) is 8.58. The zero-order valence-corrected chi connectivity index (χ0v) is 17.7. The molecule has 30 heavy (non-hydrogen) atoms. The molecule has 2 fully saturated rings. The van der Waals surface area contributed by atoms with Crippen molar-refractivity contribution in [1.82, 2.24) is 9.88 Å². The van der Waals surface area contributed by atoms with Gasteiger partial charge < -0.3 is 20.9 Å². The quantitative estimate of drug-likeness (QED) is 0.708. The zero-order chi connectivity index (χ0) is 20.8. The first kappa shape index (κ1) is 20.7. The van der Waals surface area contributed by atoms with Crippen LogP contribution >= 0.6 is 0 Å². The first-order chi connectivity index (χ1) is 14.7. The monoisotopic (exact) mass is 407 g/mol. The van der Waals surface area contributed by atoms with Gasteiger partial charge in [-0.15, -0.1) is 0 Å². The third kappa shape index (κ3) is 5.30. The largest absolute Gasteiger partial charge is 0.399 e. The maximum absolute atomic E-state index is 12.7. The lowest BCUT2D eigenvalue weighted by Crippen LogP contribution is -2.37. The smallest absolute Gasteiger partial charge is 0.255 e. The molecule has 0 atom stereocenters. The number of amides is 1. The average molecular weight is 408 g/mol. The molecular formula is C24H33N5O. The van der Waals surface area contributed by atoms with E-state index in [2.05, 4.69) is 20.1 Å². The van der Waals surface area contributed by atoms with E-state index in [1.54, 1.807) is 30.5 Å². The predicted molar refractivity (Wildman–Crippen MR) is 123 cm³/mol. The normalized spacial score (nSPS) is 18.3. The Bertz CT molecular complexity index is 841. The molecule has 2 saturated heterocycles. The lowest BCUT2D eigenvalue weighted by atomic mass is 9.93. The molecule has 0 saturated carbocycles. The summed E-state index contributed by atoms with van der Waals surface area (Å²) in [7, 11) is 0. The molecule has 2 aromatic rings. The Labute approximate surface area is 179 Å². The third-order valence-electron chi connectivity index (χ3n) is 6.40. The number of nitrogen functional groups attached to an aromatic ring is 1. The molecule has 0 spiro atoms. The molecule has 2 aliphatic heterocycles. The van der Waals surface area contributed by atoms with E-state index < -0.39 is 0 Å². The molecular weight excluding hydrogens is 374 g/mol. The Kier molecular flexibility index (Phi) is 6.84. The van der Waals surface area contributed by atoms with E-state index in [1.807, 2.05) is 12.1 Å². The minimum absolute atomic E-state index is 0.159. The van der Waals surface area contributed by atoms with E-state index in [4.69, 9.17) is 5.73 Å². The Balaban J connectivity index is 1.33. The Morgan fingerprint density at radius 3 is 2.63 bits per heavy atom. The summed E-state index contributed by atoms with van der Waals surface area (Å²) in [6.07, 6.45) is 9.60. The van der Waals surface area contributed by atoms with Gasteiger partial charge in [0, 0.05) is 30.5 Å². The van der Waals surface area contributed by atoms with Gasteiger partial charge in [-0.25, -0.2) is 4.98 Å². The van der Waals surface area contributed by atoms with Crippen LogP contribution in [0.2, 0.25) is 0 Å². The van der Waals surface area contributed by atoms with Crippen LogP contribution in [0.3, 0.4) is 0 Å². The second-order valence-electron chi connectivity index (χ2n) is 8.58. The molecule has 6 heteroatoms. The SMILES string of the molecule is Nc1cccc(C(=O)Nc2cccnc2N2CCC(CCN3CCCCC3)CC2)c1. The fraction of sp³-hybridized carbons (Fsp3) is 0.500. The van der Waals surface area contributed by atoms with Gasteiger partial charge in [-0.2, -0.15) is 0 Å². The number of nitrogens with zero attached hydrogens (tertiary/aromatic N) is 3. The number of carbonyl (C=O) groups is 1. The number of anilines is 3. The van der Waals surface area contributed by atoms with Crippen molar-refractivity contribution in [3.05, 3.63) is 48.2 Å². The summed E-state index contributed by atoms with van der Waals surface area (Å²) in [4.78, 5) is 22.2. The minimum Gasteiger partial charge on any atom is -0.399 e. The Morgan fingerprint density at radius 2 is 1.87 bits per heavy atom. The van der Waals surface area contributed by atoms with Crippen molar-refractivity contribution < 1.29 is 4.79 Å². The summed E-state index contributed by atoms with van der Waals surface area (Å²) in [6, 6.07) is 10.8. The molecule has 160 valence electrons. The number of piperidine rings is 2. The van der Waals surface area contributed by atoms with Crippen molar-refractivity contribution >= 4 is 23.1 Å². The van der Waals surface area contributed by atoms with Crippen molar-refractivity contribution in [2.75, 3.05) is 48.7 Å². The number of aromatic nitrogens is 1. The van der Waals surface area contributed by atoms with Gasteiger partial charge in [-0.3, -0.25) is 4.79 Å². The number of likely N-dealkylation sites (tertiary alicyclic amines) is 1. The van der Waals surface area contributed by atoms with Gasteiger partial charge in [0.2, 0.25) is 0 Å². The lowest BCUT2D eigenvalue weighted by Gasteiger charge is -2.35. The van der Waals surface area contributed by atoms with Crippen LogP contribution in [-0.2, 0) is 0 Å². The Hall–Kier alpha value is -2.60. The maximum Gasteiger partial charge on any atom is 0.255 e. The first-order valence-electron chi connectivity index (χ1n) is 11.3. The maximum atomic E-state index is 12.7. The molecule has 0 unspecified atom stereocenters. The highest BCUT2D eigenvalue weighted by atomic mass is 16.1. The van der Waals surface area contributed by atoms with E-state index >= 15 is 0 Å². The summed E-state index contributed by atoms with van der Waals surface area (Å²) in [5.74, 6) is 1.49. The molecule has 1 aromatic carbocycles. The number of pyridine rings is 1. The van der Waals surface area contributed by atoms with Gasteiger partial charge in [0.25, 0.3) is 5.91 Å². The topological polar surface area (TPSA) is 74.5 Å². The first-order valence-corrected chi connectivity index (χ1v) is 11.3. The number of nitrogens with one attached hydrogen (secondary N) is 1. The highest BCUT2D eigenvalue weighted by molar-refractivity contribution is 6.06. The predicted octanol–water partition coefficient (Wildman–Crippen LogP) is 4.01. The number of rotatable bonds is 6. The molecule has 3 heterocycles. The molecule has 1 aromatic heterocycles.